The van der Waals surface area contributed by atoms with Crippen molar-refractivity contribution in [2.24, 2.45) is 5.14 Å². The zero-order valence-corrected chi connectivity index (χ0v) is 14.2. The van der Waals surface area contributed by atoms with Crippen molar-refractivity contribution in [1.82, 2.24) is 9.97 Å². The molecule has 0 amide bonds. The van der Waals surface area contributed by atoms with Crippen LogP contribution in [0, 0.1) is 0 Å². The van der Waals surface area contributed by atoms with E-state index in [1.54, 1.807) is 0 Å². The second kappa shape index (κ2) is 6.92. The van der Waals surface area contributed by atoms with Gasteiger partial charge in [-0.1, -0.05) is 0 Å². The maximum Gasteiger partial charge on any atom is 0.423 e. The van der Waals surface area contributed by atoms with E-state index in [4.69, 9.17) is 9.88 Å². The number of alkyl halides is 3. The van der Waals surface area contributed by atoms with Crippen LogP contribution in [0.2, 0.25) is 0 Å². The van der Waals surface area contributed by atoms with Crippen LogP contribution in [0.4, 0.5) is 24.8 Å². The first-order valence-electron chi connectivity index (χ1n) is 7.34. The van der Waals surface area contributed by atoms with Gasteiger partial charge < -0.3 is 19.9 Å². The predicted molar refractivity (Wildman–Crippen MR) is 84.5 cm³/mol. The molecule has 146 valence electrons. The zero-order chi connectivity index (χ0) is 19.8. The lowest BCUT2D eigenvalue weighted by Crippen LogP contribution is -2.49. The van der Waals surface area contributed by atoms with Gasteiger partial charge in [-0.2, -0.15) is 18.2 Å². The number of primary sulfonamides is 1. The van der Waals surface area contributed by atoms with Gasteiger partial charge in [-0.05, 0) is 24.3 Å². The monoisotopic (exact) mass is 406 g/mol. The normalized spacial score (nSPS) is 20.0. The first-order chi connectivity index (χ1) is 12.5. The van der Waals surface area contributed by atoms with E-state index in [9.17, 15) is 26.7 Å². The molecule has 0 saturated carbocycles. The standard InChI is InChI=1S/C14H13F3N4O5S/c15-14(16,17)9-5-19-13(21-11(9)26-10-6-25-12(10)22)20-7-1-3-8(4-2-7)27(18,23)24/h1-5,10,12,22H,6H2,(H2,18,23,24)(H,19,20,21). The summed E-state index contributed by atoms with van der Waals surface area (Å²) in [6.45, 7) is -0.0831. The highest BCUT2D eigenvalue weighted by atomic mass is 32.2. The van der Waals surface area contributed by atoms with Gasteiger partial charge >= 0.3 is 6.18 Å². The fourth-order valence-electron chi connectivity index (χ4n) is 2.06. The summed E-state index contributed by atoms with van der Waals surface area (Å²) in [7, 11) is -3.88. The van der Waals surface area contributed by atoms with Gasteiger partial charge in [-0.3, -0.25) is 0 Å². The van der Waals surface area contributed by atoms with Crippen LogP contribution in [0.3, 0.4) is 0 Å². The minimum atomic E-state index is -4.76. The van der Waals surface area contributed by atoms with Crippen LogP contribution in [0.25, 0.3) is 0 Å². The van der Waals surface area contributed by atoms with E-state index in [0.717, 1.165) is 0 Å². The fraction of sp³-hybridized carbons (Fsp3) is 0.286. The average Bonchev–Trinajstić information content (AvgIpc) is 2.57. The molecule has 4 N–H and O–H groups in total. The molecule has 1 saturated heterocycles. The summed E-state index contributed by atoms with van der Waals surface area (Å²) in [6, 6.07) is 5.10. The summed E-state index contributed by atoms with van der Waals surface area (Å²) in [6.07, 6.45) is -6.55. The predicted octanol–water partition coefficient (Wildman–Crippen LogP) is 0.982. The lowest BCUT2D eigenvalue weighted by atomic mass is 10.2. The highest BCUT2D eigenvalue weighted by Gasteiger charge is 2.39. The van der Waals surface area contributed by atoms with Crippen LogP contribution in [-0.2, 0) is 20.9 Å². The third-order valence-corrected chi connectivity index (χ3v) is 4.44. The van der Waals surface area contributed by atoms with Crippen molar-refractivity contribution in [3.05, 3.63) is 36.0 Å². The molecule has 0 radical (unpaired) electrons. The van der Waals surface area contributed by atoms with Crippen LogP contribution >= 0.6 is 0 Å². The fourth-order valence-corrected chi connectivity index (χ4v) is 2.58. The Kier molecular flexibility index (Phi) is 4.94. The number of anilines is 2. The minimum Gasteiger partial charge on any atom is -0.466 e. The molecular formula is C14H13F3N4O5S. The van der Waals surface area contributed by atoms with Crippen molar-refractivity contribution in [1.29, 1.82) is 0 Å². The molecule has 0 bridgehead atoms. The molecule has 2 unspecified atom stereocenters. The topological polar surface area (TPSA) is 137 Å². The molecule has 27 heavy (non-hydrogen) atoms. The number of halogens is 3. The second-order valence-electron chi connectivity index (χ2n) is 5.48. The van der Waals surface area contributed by atoms with Gasteiger partial charge in [-0.25, -0.2) is 18.5 Å². The number of rotatable bonds is 5. The Morgan fingerprint density at radius 1 is 1.30 bits per heavy atom. The van der Waals surface area contributed by atoms with Crippen molar-refractivity contribution >= 4 is 21.7 Å². The first kappa shape index (κ1) is 19.3. The van der Waals surface area contributed by atoms with E-state index in [2.05, 4.69) is 20.0 Å². The molecule has 2 aromatic rings. The number of hydrogen-bond acceptors (Lipinski definition) is 8. The number of aromatic nitrogens is 2. The molecule has 1 aliphatic rings. The SMILES string of the molecule is NS(=O)(=O)c1ccc(Nc2ncc(C(F)(F)F)c(OC3COC3O)n2)cc1. The zero-order valence-electron chi connectivity index (χ0n) is 13.3. The van der Waals surface area contributed by atoms with E-state index in [-0.39, 0.29) is 17.5 Å². The van der Waals surface area contributed by atoms with Crippen molar-refractivity contribution in [3.63, 3.8) is 0 Å². The van der Waals surface area contributed by atoms with Gasteiger partial charge in [0.25, 0.3) is 0 Å². The number of nitrogens with two attached hydrogens (primary N) is 1. The number of nitrogens with zero attached hydrogens (tertiary/aromatic N) is 2. The van der Waals surface area contributed by atoms with Crippen molar-refractivity contribution in [2.45, 2.75) is 23.5 Å². The largest absolute Gasteiger partial charge is 0.466 e. The summed E-state index contributed by atoms with van der Waals surface area (Å²) < 4.78 is 71.4. The highest BCUT2D eigenvalue weighted by molar-refractivity contribution is 7.89. The summed E-state index contributed by atoms with van der Waals surface area (Å²) in [5.41, 5.74) is -0.906. The summed E-state index contributed by atoms with van der Waals surface area (Å²) in [5, 5.41) is 16.9. The molecule has 1 aromatic heterocycles. The molecule has 0 aliphatic carbocycles. The van der Waals surface area contributed by atoms with E-state index >= 15 is 0 Å². The quantitative estimate of drug-likeness (QED) is 0.669. The van der Waals surface area contributed by atoms with Gasteiger partial charge in [0, 0.05) is 11.9 Å². The van der Waals surface area contributed by atoms with E-state index in [1.807, 2.05) is 0 Å². The molecule has 0 spiro atoms. The van der Waals surface area contributed by atoms with Crippen LogP contribution < -0.4 is 15.2 Å². The Bertz CT molecular complexity index is 937. The summed E-state index contributed by atoms with van der Waals surface area (Å²) in [5.74, 6) is -0.996. The number of aliphatic hydroxyl groups is 1. The maximum atomic E-state index is 13.1. The van der Waals surface area contributed by atoms with Crippen LogP contribution in [0.15, 0.2) is 35.4 Å². The van der Waals surface area contributed by atoms with Gasteiger partial charge in [0.1, 0.15) is 5.56 Å². The van der Waals surface area contributed by atoms with E-state index in [1.165, 1.54) is 24.3 Å². The minimum absolute atomic E-state index is 0.0831. The van der Waals surface area contributed by atoms with Gasteiger partial charge in [0.2, 0.25) is 21.9 Å². The lowest BCUT2D eigenvalue weighted by molar-refractivity contribution is -0.252. The maximum absolute atomic E-state index is 13.1. The number of nitrogens with one attached hydrogen (secondary N) is 1. The van der Waals surface area contributed by atoms with E-state index < -0.39 is 40.0 Å². The third kappa shape index (κ3) is 4.44. The Morgan fingerprint density at radius 3 is 2.44 bits per heavy atom. The molecule has 13 heteroatoms. The number of hydrogen-bond donors (Lipinski definition) is 3. The molecule has 1 aromatic carbocycles. The van der Waals surface area contributed by atoms with Crippen LogP contribution in [0.1, 0.15) is 5.56 Å². The van der Waals surface area contributed by atoms with Crippen LogP contribution in [-0.4, -0.2) is 42.5 Å². The molecule has 2 heterocycles. The molecular weight excluding hydrogens is 393 g/mol. The summed E-state index contributed by atoms with van der Waals surface area (Å²) in [4.78, 5) is 7.14. The molecule has 1 aliphatic heterocycles. The molecule has 3 rings (SSSR count). The molecule has 1 fully saturated rings. The van der Waals surface area contributed by atoms with Gasteiger partial charge in [-0.15, -0.1) is 0 Å². The number of aliphatic hydroxyl groups excluding tert-OH is 1. The Labute approximate surface area is 151 Å². The highest BCUT2D eigenvalue weighted by Crippen LogP contribution is 2.36. The van der Waals surface area contributed by atoms with Gasteiger partial charge in [0.15, 0.2) is 12.4 Å². The first-order valence-corrected chi connectivity index (χ1v) is 8.89. The molecule has 9 nitrogen and oxygen atoms in total. The lowest BCUT2D eigenvalue weighted by Gasteiger charge is -2.32. The number of ether oxygens (including phenoxy) is 2. The number of benzene rings is 1. The Hall–Kier alpha value is -2.48. The molecule has 2 atom stereocenters. The smallest absolute Gasteiger partial charge is 0.423 e. The van der Waals surface area contributed by atoms with Crippen molar-refractivity contribution in [2.75, 3.05) is 11.9 Å². The second-order valence-corrected chi connectivity index (χ2v) is 7.05. The Balaban J connectivity index is 1.85. The summed E-state index contributed by atoms with van der Waals surface area (Å²) >= 11 is 0. The van der Waals surface area contributed by atoms with Crippen molar-refractivity contribution < 1.29 is 36.2 Å². The number of sulfonamides is 1. The van der Waals surface area contributed by atoms with E-state index in [0.29, 0.717) is 11.9 Å². The van der Waals surface area contributed by atoms with Crippen LogP contribution in [0.5, 0.6) is 5.88 Å². The third-order valence-electron chi connectivity index (χ3n) is 3.51. The average molecular weight is 406 g/mol. The van der Waals surface area contributed by atoms with Gasteiger partial charge in [0.05, 0.1) is 11.5 Å². The van der Waals surface area contributed by atoms with Crippen molar-refractivity contribution in [3.8, 4) is 5.88 Å². The Morgan fingerprint density at radius 2 is 1.96 bits per heavy atom.